The predicted molar refractivity (Wildman–Crippen MR) is 140 cm³/mol. The van der Waals surface area contributed by atoms with Crippen LogP contribution in [0.25, 0.3) is 11.1 Å². The predicted octanol–water partition coefficient (Wildman–Crippen LogP) is 8.56. The van der Waals surface area contributed by atoms with Gasteiger partial charge in [-0.15, -0.1) is 0 Å². The average Bonchev–Trinajstić information content (AvgIpc) is 2.89. The second-order valence-electron chi connectivity index (χ2n) is 9.86. The van der Waals surface area contributed by atoms with E-state index < -0.39 is 0 Å². The monoisotopic (exact) mass is 429 g/mol. The Balaban J connectivity index is 1.23. The maximum absolute atomic E-state index is 5.12. The van der Waals surface area contributed by atoms with Gasteiger partial charge in [0.05, 0.1) is 5.69 Å². The second kappa shape index (κ2) is 8.98. The van der Waals surface area contributed by atoms with E-state index in [-0.39, 0.29) is 0 Å². The van der Waals surface area contributed by atoms with Crippen LogP contribution in [0.15, 0.2) is 119 Å². The Bertz CT molecular complexity index is 1220. The van der Waals surface area contributed by atoms with Crippen LogP contribution in [0.1, 0.15) is 38.5 Å². The van der Waals surface area contributed by atoms with Gasteiger partial charge < -0.3 is 0 Å². The first-order valence-electron chi connectivity index (χ1n) is 12.5. The van der Waals surface area contributed by atoms with Gasteiger partial charge in [0.2, 0.25) is 0 Å². The molecule has 0 saturated heterocycles. The Morgan fingerprint density at radius 3 is 2.61 bits per heavy atom. The van der Waals surface area contributed by atoms with Crippen molar-refractivity contribution < 1.29 is 0 Å². The molecule has 3 atom stereocenters. The largest absolute Gasteiger partial charge is 0.253 e. The van der Waals surface area contributed by atoms with Crippen LogP contribution < -0.4 is 0 Å². The van der Waals surface area contributed by atoms with Gasteiger partial charge in [-0.25, -0.2) is 0 Å². The van der Waals surface area contributed by atoms with E-state index in [1.807, 2.05) is 0 Å². The standard InChI is InChI=1S/C32H31N/c1-2-9-24(10-3-1)31-12-6-7-13-32(31)33-30-19-18-28-21-27(16-17-29(28)22-30)26-15-14-23-8-4-5-11-25(23)20-26/h1-4,6-10,12-15,18-19,21,25,28-29H,5,11,16-17,20,22H2. The van der Waals surface area contributed by atoms with Crippen molar-refractivity contribution in [1.29, 1.82) is 0 Å². The molecule has 3 unspecified atom stereocenters. The molecule has 0 spiro atoms. The molecular formula is C32H31N. The van der Waals surface area contributed by atoms with Crippen LogP contribution in [0.4, 0.5) is 5.69 Å². The summed E-state index contributed by atoms with van der Waals surface area (Å²) in [5, 5.41) is 0. The molecule has 2 aromatic rings. The summed E-state index contributed by atoms with van der Waals surface area (Å²) in [5.41, 5.74) is 9.45. The van der Waals surface area contributed by atoms with Crippen LogP contribution in [-0.4, -0.2) is 5.71 Å². The molecule has 0 aromatic heterocycles. The fourth-order valence-electron chi connectivity index (χ4n) is 5.93. The summed E-state index contributed by atoms with van der Waals surface area (Å²) in [7, 11) is 0. The number of rotatable bonds is 3. The van der Waals surface area contributed by atoms with Gasteiger partial charge in [-0.1, -0.05) is 85.0 Å². The Kier molecular flexibility index (Phi) is 5.56. The van der Waals surface area contributed by atoms with Crippen LogP contribution in [0.5, 0.6) is 0 Å². The van der Waals surface area contributed by atoms with Crippen molar-refractivity contribution in [1.82, 2.24) is 0 Å². The van der Waals surface area contributed by atoms with Crippen molar-refractivity contribution >= 4 is 11.4 Å². The highest BCUT2D eigenvalue weighted by molar-refractivity contribution is 5.99. The van der Waals surface area contributed by atoms with Crippen molar-refractivity contribution in [2.45, 2.75) is 38.5 Å². The fourth-order valence-corrected chi connectivity index (χ4v) is 5.93. The molecule has 1 nitrogen and oxygen atoms in total. The number of fused-ring (bicyclic) bond motifs is 2. The number of benzene rings is 2. The normalized spacial score (nSPS) is 27.3. The van der Waals surface area contributed by atoms with E-state index in [1.54, 1.807) is 11.1 Å². The minimum Gasteiger partial charge on any atom is -0.253 e. The SMILES string of the molecule is C1=CC2=CC=C(C3=CC4C=CC(=Nc5ccccc5-c5ccccc5)CC4CC3)CC2CC1. The van der Waals surface area contributed by atoms with Gasteiger partial charge in [-0.05, 0) is 90.7 Å². The van der Waals surface area contributed by atoms with Crippen LogP contribution in [-0.2, 0) is 0 Å². The van der Waals surface area contributed by atoms with Gasteiger partial charge in [-0.2, -0.15) is 0 Å². The smallest absolute Gasteiger partial charge is 0.0711 e. The Morgan fingerprint density at radius 1 is 0.788 bits per heavy atom. The Labute approximate surface area is 197 Å². The molecule has 2 aromatic carbocycles. The molecule has 0 N–H and O–H groups in total. The summed E-state index contributed by atoms with van der Waals surface area (Å²) >= 11 is 0. The molecule has 0 saturated carbocycles. The van der Waals surface area contributed by atoms with Crippen LogP contribution in [0.2, 0.25) is 0 Å². The molecule has 0 radical (unpaired) electrons. The quantitative estimate of drug-likeness (QED) is 0.463. The molecule has 164 valence electrons. The first kappa shape index (κ1) is 20.4. The lowest BCUT2D eigenvalue weighted by Gasteiger charge is -2.34. The molecule has 4 aliphatic carbocycles. The van der Waals surface area contributed by atoms with E-state index in [0.29, 0.717) is 11.8 Å². The maximum Gasteiger partial charge on any atom is 0.0711 e. The van der Waals surface area contributed by atoms with Crippen LogP contribution >= 0.6 is 0 Å². The molecule has 1 heteroatoms. The molecule has 0 fully saturated rings. The van der Waals surface area contributed by atoms with Gasteiger partial charge in [0.15, 0.2) is 0 Å². The second-order valence-corrected chi connectivity index (χ2v) is 9.86. The van der Waals surface area contributed by atoms with Gasteiger partial charge in [-0.3, -0.25) is 4.99 Å². The lowest BCUT2D eigenvalue weighted by Crippen LogP contribution is -2.24. The van der Waals surface area contributed by atoms with Crippen molar-refractivity contribution in [2.75, 3.05) is 0 Å². The number of hydrogen-bond acceptors (Lipinski definition) is 1. The molecule has 0 bridgehead atoms. The van der Waals surface area contributed by atoms with E-state index >= 15 is 0 Å². The summed E-state index contributed by atoms with van der Waals surface area (Å²) in [5.74, 6) is 1.96. The third kappa shape index (κ3) is 4.25. The number of nitrogens with zero attached hydrogens (tertiary/aromatic N) is 1. The van der Waals surface area contributed by atoms with E-state index in [0.717, 1.165) is 18.0 Å². The van der Waals surface area contributed by atoms with E-state index in [1.165, 1.54) is 54.5 Å². The molecule has 0 aliphatic heterocycles. The minimum absolute atomic E-state index is 0.551. The topological polar surface area (TPSA) is 12.4 Å². The van der Waals surface area contributed by atoms with Crippen molar-refractivity contribution in [3.05, 3.63) is 114 Å². The number of aliphatic imine (C=N–C) groups is 1. The van der Waals surface area contributed by atoms with Crippen LogP contribution in [0.3, 0.4) is 0 Å². The Morgan fingerprint density at radius 2 is 1.67 bits per heavy atom. The lowest BCUT2D eigenvalue weighted by molar-refractivity contribution is 0.407. The zero-order chi connectivity index (χ0) is 22.0. The van der Waals surface area contributed by atoms with E-state index in [2.05, 4.69) is 97.1 Å². The van der Waals surface area contributed by atoms with Crippen LogP contribution in [0, 0.1) is 17.8 Å². The first-order valence-corrected chi connectivity index (χ1v) is 12.5. The highest BCUT2D eigenvalue weighted by atomic mass is 14.8. The van der Waals surface area contributed by atoms with Crippen molar-refractivity contribution in [3.63, 3.8) is 0 Å². The summed E-state index contributed by atoms with van der Waals surface area (Å²) in [6.07, 6.45) is 24.0. The summed E-state index contributed by atoms with van der Waals surface area (Å²) in [4.78, 5) is 5.12. The van der Waals surface area contributed by atoms with Gasteiger partial charge in [0.25, 0.3) is 0 Å². The summed E-state index contributed by atoms with van der Waals surface area (Å²) in [6, 6.07) is 19.1. The minimum atomic E-state index is 0.551. The molecule has 6 rings (SSSR count). The highest BCUT2D eigenvalue weighted by Crippen LogP contribution is 2.42. The lowest BCUT2D eigenvalue weighted by atomic mass is 9.71. The molecule has 4 aliphatic rings. The van der Waals surface area contributed by atoms with Crippen molar-refractivity contribution in [2.24, 2.45) is 22.7 Å². The zero-order valence-corrected chi connectivity index (χ0v) is 19.2. The molecular weight excluding hydrogens is 398 g/mol. The van der Waals surface area contributed by atoms with E-state index in [4.69, 9.17) is 4.99 Å². The number of allylic oxidation sites excluding steroid dienone is 10. The van der Waals surface area contributed by atoms with Gasteiger partial charge in [0.1, 0.15) is 0 Å². The average molecular weight is 430 g/mol. The highest BCUT2D eigenvalue weighted by Gasteiger charge is 2.29. The van der Waals surface area contributed by atoms with E-state index in [9.17, 15) is 0 Å². The first-order chi connectivity index (χ1) is 16.3. The zero-order valence-electron chi connectivity index (χ0n) is 19.2. The summed E-state index contributed by atoms with van der Waals surface area (Å²) in [6.45, 7) is 0. The van der Waals surface area contributed by atoms with Gasteiger partial charge >= 0.3 is 0 Å². The summed E-state index contributed by atoms with van der Waals surface area (Å²) < 4.78 is 0. The third-order valence-electron chi connectivity index (χ3n) is 7.78. The number of hydrogen-bond donors (Lipinski definition) is 0. The van der Waals surface area contributed by atoms with Crippen molar-refractivity contribution in [3.8, 4) is 11.1 Å². The van der Waals surface area contributed by atoms with Gasteiger partial charge in [0, 0.05) is 11.3 Å². The third-order valence-corrected chi connectivity index (χ3v) is 7.78. The molecule has 0 amide bonds. The fraction of sp³-hybridized carbons (Fsp3) is 0.281. The molecule has 33 heavy (non-hydrogen) atoms. The number of para-hydroxylation sites is 1. The maximum atomic E-state index is 5.12. The molecule has 0 heterocycles. The Hall–Kier alpha value is -3.19.